The highest BCUT2D eigenvalue weighted by molar-refractivity contribution is 7.21. The molecule has 32 heavy (non-hydrogen) atoms. The van der Waals surface area contributed by atoms with Gasteiger partial charge >= 0.3 is 0 Å². The van der Waals surface area contributed by atoms with E-state index in [9.17, 15) is 4.79 Å². The summed E-state index contributed by atoms with van der Waals surface area (Å²) in [6.07, 6.45) is 5.13. The Morgan fingerprint density at radius 1 is 1.16 bits per heavy atom. The van der Waals surface area contributed by atoms with Gasteiger partial charge in [0.05, 0.1) is 5.69 Å². The predicted octanol–water partition coefficient (Wildman–Crippen LogP) is 2.81. The van der Waals surface area contributed by atoms with Crippen LogP contribution in [0.2, 0.25) is 0 Å². The van der Waals surface area contributed by atoms with E-state index in [0.29, 0.717) is 22.6 Å². The minimum absolute atomic E-state index is 0.0944. The Labute approximate surface area is 191 Å². The third kappa shape index (κ3) is 3.51. The highest BCUT2D eigenvalue weighted by atomic mass is 32.1. The SMILES string of the molecule is Cc1ccc2c(N)c(C(=O)N[C@H]3CCc4nc(N5CC6CCC(C5)N6)ccc4C3)sc2n1. The lowest BCUT2D eigenvalue weighted by Crippen LogP contribution is -2.51. The molecule has 0 radical (unpaired) electrons. The number of carbonyl (C=O) groups excluding carboxylic acids is 1. The maximum Gasteiger partial charge on any atom is 0.263 e. The van der Waals surface area contributed by atoms with E-state index in [1.54, 1.807) is 0 Å². The van der Waals surface area contributed by atoms with Gasteiger partial charge in [-0.05, 0) is 62.8 Å². The summed E-state index contributed by atoms with van der Waals surface area (Å²) in [5, 5.41) is 7.75. The molecule has 7 nitrogen and oxygen atoms in total. The number of piperazine rings is 1. The highest BCUT2D eigenvalue weighted by Gasteiger charge is 2.33. The summed E-state index contributed by atoms with van der Waals surface area (Å²) in [4.78, 5) is 26.3. The van der Waals surface area contributed by atoms with E-state index in [1.165, 1.54) is 35.4 Å². The number of anilines is 2. The zero-order chi connectivity index (χ0) is 21.8. The second-order valence-corrected chi connectivity index (χ2v) is 10.4. The first-order valence-electron chi connectivity index (χ1n) is 11.5. The lowest BCUT2D eigenvalue weighted by molar-refractivity contribution is 0.0938. The van der Waals surface area contributed by atoms with Crippen molar-refractivity contribution >= 4 is 39.0 Å². The minimum Gasteiger partial charge on any atom is -0.397 e. The molecule has 3 aromatic rings. The van der Waals surface area contributed by atoms with Crippen LogP contribution >= 0.6 is 11.3 Å². The Morgan fingerprint density at radius 3 is 2.78 bits per heavy atom. The van der Waals surface area contributed by atoms with Gasteiger partial charge in [-0.25, -0.2) is 9.97 Å². The summed E-state index contributed by atoms with van der Waals surface area (Å²) in [5.41, 5.74) is 10.2. The number of thiophene rings is 1. The fourth-order valence-electron chi connectivity index (χ4n) is 5.39. The lowest BCUT2D eigenvalue weighted by atomic mass is 9.91. The number of hydrogen-bond donors (Lipinski definition) is 3. The van der Waals surface area contributed by atoms with E-state index in [-0.39, 0.29) is 11.9 Å². The monoisotopic (exact) mass is 448 g/mol. The second kappa shape index (κ2) is 7.71. The number of nitrogens with two attached hydrogens (primary N) is 1. The van der Waals surface area contributed by atoms with Crippen LogP contribution in [0, 0.1) is 6.92 Å². The van der Waals surface area contributed by atoms with Crippen LogP contribution in [0.1, 0.15) is 45.9 Å². The topological polar surface area (TPSA) is 96.2 Å². The molecule has 2 fully saturated rings. The molecule has 3 atom stereocenters. The molecule has 3 aromatic heterocycles. The fraction of sp³-hybridized carbons (Fsp3) is 0.458. The minimum atomic E-state index is -0.0996. The van der Waals surface area contributed by atoms with Gasteiger partial charge < -0.3 is 21.3 Å². The number of amides is 1. The van der Waals surface area contributed by atoms with Gasteiger partial charge in [0.2, 0.25) is 0 Å². The van der Waals surface area contributed by atoms with Crippen molar-refractivity contribution in [1.29, 1.82) is 0 Å². The molecule has 0 saturated carbocycles. The molecule has 1 aliphatic carbocycles. The maximum absolute atomic E-state index is 13.0. The number of aromatic nitrogens is 2. The van der Waals surface area contributed by atoms with Crippen molar-refractivity contribution in [2.45, 2.75) is 57.2 Å². The summed E-state index contributed by atoms with van der Waals surface area (Å²) < 4.78 is 0. The van der Waals surface area contributed by atoms with E-state index in [2.05, 4.69) is 32.7 Å². The first-order valence-corrected chi connectivity index (χ1v) is 12.3. The van der Waals surface area contributed by atoms with Crippen LogP contribution in [0.3, 0.4) is 0 Å². The van der Waals surface area contributed by atoms with Crippen LogP contribution < -0.4 is 21.3 Å². The van der Waals surface area contributed by atoms with Crippen molar-refractivity contribution in [2.75, 3.05) is 23.7 Å². The van der Waals surface area contributed by atoms with Gasteiger partial charge in [-0.2, -0.15) is 0 Å². The van der Waals surface area contributed by atoms with Crippen LogP contribution in [0.5, 0.6) is 0 Å². The molecule has 5 heterocycles. The van der Waals surface area contributed by atoms with Gasteiger partial charge in [-0.3, -0.25) is 4.79 Å². The average Bonchev–Trinajstić information content (AvgIpc) is 3.30. The number of carbonyl (C=O) groups is 1. The molecule has 2 bridgehead atoms. The van der Waals surface area contributed by atoms with E-state index in [0.717, 1.165) is 54.1 Å². The number of nitrogens with one attached hydrogen (secondary N) is 2. The van der Waals surface area contributed by atoms with E-state index < -0.39 is 0 Å². The van der Waals surface area contributed by atoms with E-state index in [1.807, 2.05) is 19.1 Å². The van der Waals surface area contributed by atoms with E-state index >= 15 is 0 Å². The van der Waals surface area contributed by atoms with Crippen molar-refractivity contribution in [1.82, 2.24) is 20.6 Å². The average molecular weight is 449 g/mol. The Morgan fingerprint density at radius 2 is 1.97 bits per heavy atom. The molecule has 0 aromatic carbocycles. The van der Waals surface area contributed by atoms with Crippen LogP contribution in [0.15, 0.2) is 24.3 Å². The smallest absolute Gasteiger partial charge is 0.263 e. The van der Waals surface area contributed by atoms with Gasteiger partial charge in [-0.1, -0.05) is 6.07 Å². The molecule has 3 aliphatic rings. The summed E-state index contributed by atoms with van der Waals surface area (Å²) >= 11 is 1.37. The van der Waals surface area contributed by atoms with Gasteiger partial charge in [0.1, 0.15) is 15.5 Å². The third-order valence-electron chi connectivity index (χ3n) is 7.06. The van der Waals surface area contributed by atoms with Gasteiger partial charge in [0.15, 0.2) is 0 Å². The molecular formula is C24H28N6OS. The highest BCUT2D eigenvalue weighted by Crippen LogP contribution is 2.33. The molecule has 166 valence electrons. The quantitative estimate of drug-likeness (QED) is 0.570. The number of pyridine rings is 2. The molecular weight excluding hydrogens is 420 g/mol. The van der Waals surface area contributed by atoms with Crippen LogP contribution in [0.4, 0.5) is 11.5 Å². The zero-order valence-electron chi connectivity index (χ0n) is 18.2. The molecule has 4 N–H and O–H groups in total. The number of hydrogen-bond acceptors (Lipinski definition) is 7. The predicted molar refractivity (Wildman–Crippen MR) is 128 cm³/mol. The third-order valence-corrected chi connectivity index (χ3v) is 8.18. The second-order valence-electron chi connectivity index (χ2n) is 9.38. The fourth-order valence-corrected chi connectivity index (χ4v) is 6.43. The molecule has 2 saturated heterocycles. The van der Waals surface area contributed by atoms with Crippen molar-refractivity contribution in [3.8, 4) is 0 Å². The Bertz CT molecular complexity index is 1190. The normalized spacial score (nSPS) is 24.5. The number of aryl methyl sites for hydroxylation is 2. The first-order chi connectivity index (χ1) is 15.5. The van der Waals surface area contributed by atoms with Crippen molar-refractivity contribution in [3.63, 3.8) is 0 Å². The standard InChI is InChI=1S/C24H28N6OS/c1-13-2-7-18-21(25)22(32-24(18)26-13)23(31)28-15-6-8-19-14(10-15)3-9-20(29-19)30-11-16-4-5-17(12-30)27-16/h2-3,7,9,15-17,27H,4-6,8,10-12,25H2,1H3,(H,28,31)/t15-,16?,17?/m0/s1. The molecule has 8 heteroatoms. The molecule has 6 rings (SSSR count). The van der Waals surface area contributed by atoms with Gasteiger partial charge in [0.25, 0.3) is 5.91 Å². The summed E-state index contributed by atoms with van der Waals surface area (Å²) in [7, 11) is 0. The van der Waals surface area contributed by atoms with Crippen LogP contribution in [-0.4, -0.2) is 47.1 Å². The van der Waals surface area contributed by atoms with Crippen molar-refractivity contribution in [2.24, 2.45) is 0 Å². The molecule has 0 spiro atoms. The summed E-state index contributed by atoms with van der Waals surface area (Å²) in [6.45, 7) is 4.04. The summed E-state index contributed by atoms with van der Waals surface area (Å²) in [6, 6.07) is 9.55. The first kappa shape index (κ1) is 19.9. The van der Waals surface area contributed by atoms with E-state index in [4.69, 9.17) is 10.7 Å². The van der Waals surface area contributed by atoms with Crippen molar-refractivity contribution < 1.29 is 4.79 Å². The zero-order valence-corrected chi connectivity index (χ0v) is 19.0. The Kier molecular flexibility index (Phi) is 4.80. The number of nitrogens with zero attached hydrogens (tertiary/aromatic N) is 3. The van der Waals surface area contributed by atoms with Gasteiger partial charge in [-0.15, -0.1) is 11.3 Å². The Hall–Kier alpha value is -2.71. The molecule has 2 unspecified atom stereocenters. The summed E-state index contributed by atoms with van der Waals surface area (Å²) in [5.74, 6) is 1.00. The maximum atomic E-state index is 13.0. The van der Waals surface area contributed by atoms with Crippen LogP contribution in [0.25, 0.3) is 10.2 Å². The lowest BCUT2D eigenvalue weighted by Gasteiger charge is -2.34. The Balaban J connectivity index is 1.16. The largest absolute Gasteiger partial charge is 0.397 e. The number of rotatable bonds is 3. The van der Waals surface area contributed by atoms with Crippen molar-refractivity contribution in [3.05, 3.63) is 46.1 Å². The number of fused-ring (bicyclic) bond motifs is 4. The molecule has 1 amide bonds. The number of nitrogen functional groups attached to an aromatic ring is 1. The van der Waals surface area contributed by atoms with Gasteiger partial charge in [0, 0.05) is 48.0 Å². The molecule has 2 aliphatic heterocycles. The van der Waals surface area contributed by atoms with Crippen LogP contribution in [-0.2, 0) is 12.8 Å².